The Morgan fingerprint density at radius 3 is 2.30 bits per heavy atom. The topological polar surface area (TPSA) is 93.2 Å². The summed E-state index contributed by atoms with van der Waals surface area (Å²) in [5.74, 6) is -0.463. The number of nitrogens with zero attached hydrogens (tertiary/aromatic N) is 3. The molecule has 2 aromatic rings. The summed E-state index contributed by atoms with van der Waals surface area (Å²) in [6, 6.07) is 14.1. The Morgan fingerprint density at radius 1 is 1.03 bits per heavy atom. The van der Waals surface area contributed by atoms with E-state index in [1.165, 1.54) is 37.9 Å². The van der Waals surface area contributed by atoms with Gasteiger partial charge in [0.2, 0.25) is 15.9 Å². The molecule has 0 saturated carbocycles. The van der Waals surface area contributed by atoms with E-state index < -0.39 is 10.0 Å². The minimum atomic E-state index is -3.66. The van der Waals surface area contributed by atoms with Crippen molar-refractivity contribution in [3.63, 3.8) is 0 Å². The van der Waals surface area contributed by atoms with Crippen LogP contribution in [0, 0.1) is 0 Å². The highest BCUT2D eigenvalue weighted by atomic mass is 32.2. The number of aromatic hydroxyl groups is 1. The van der Waals surface area contributed by atoms with Crippen LogP contribution in [0.2, 0.25) is 0 Å². The first kappa shape index (κ1) is 22.2. The number of rotatable bonds is 7. The third-order valence-electron chi connectivity index (χ3n) is 5.10. The number of sulfonamides is 1. The summed E-state index contributed by atoms with van der Waals surface area (Å²) in [6.07, 6.45) is 0. The summed E-state index contributed by atoms with van der Waals surface area (Å²) < 4.78 is 25.6. The lowest BCUT2D eigenvalue weighted by molar-refractivity contribution is -0.117. The van der Waals surface area contributed by atoms with Crippen molar-refractivity contribution in [2.45, 2.75) is 11.4 Å². The Kier molecular flexibility index (Phi) is 7.09. The van der Waals surface area contributed by atoms with Crippen LogP contribution in [0.1, 0.15) is 5.56 Å². The maximum Gasteiger partial charge on any atom is 0.242 e. The zero-order valence-electron chi connectivity index (χ0n) is 17.3. The van der Waals surface area contributed by atoms with Gasteiger partial charge in [0, 0.05) is 46.8 Å². The number of amides is 1. The molecule has 1 aliphatic rings. The lowest BCUT2D eigenvalue weighted by Crippen LogP contribution is -2.48. The quantitative estimate of drug-likeness (QED) is 0.643. The highest BCUT2D eigenvalue weighted by molar-refractivity contribution is 7.89. The van der Waals surface area contributed by atoms with Crippen molar-refractivity contribution in [2.75, 3.05) is 52.1 Å². The minimum absolute atomic E-state index is 0.00938. The Bertz CT molecular complexity index is 972. The molecular weight excluding hydrogens is 404 g/mol. The van der Waals surface area contributed by atoms with Crippen LogP contribution in [-0.2, 0) is 21.4 Å². The number of carbonyl (C=O) groups excluding carboxylic acids is 1. The standard InChI is InChI=1S/C21H28N4O4S/c1-23(2)30(28,29)18-8-9-20(26)19(14-18)22-21(27)16-25-12-10-24(11-13-25)15-17-6-4-3-5-7-17/h3-9,14,26H,10-13,15-16H2,1-2H3,(H,22,27). The largest absolute Gasteiger partial charge is 0.506 e. The first-order chi connectivity index (χ1) is 14.3. The molecule has 0 radical (unpaired) electrons. The maximum atomic E-state index is 12.5. The summed E-state index contributed by atoms with van der Waals surface area (Å²) in [5.41, 5.74) is 1.36. The third-order valence-corrected chi connectivity index (χ3v) is 6.91. The predicted octanol–water partition coefficient (Wildman–Crippen LogP) is 1.40. The number of carbonyl (C=O) groups is 1. The summed E-state index contributed by atoms with van der Waals surface area (Å²) in [7, 11) is -0.799. The van der Waals surface area contributed by atoms with Gasteiger partial charge in [0.15, 0.2) is 0 Å². The second-order valence-electron chi connectivity index (χ2n) is 7.55. The highest BCUT2D eigenvalue weighted by Gasteiger charge is 2.21. The number of piperazine rings is 1. The number of phenols is 1. The van der Waals surface area contributed by atoms with Gasteiger partial charge in [-0.2, -0.15) is 0 Å². The molecule has 1 heterocycles. The van der Waals surface area contributed by atoms with Crippen LogP contribution in [0.3, 0.4) is 0 Å². The molecule has 1 aliphatic heterocycles. The number of nitrogens with one attached hydrogen (secondary N) is 1. The second-order valence-corrected chi connectivity index (χ2v) is 9.70. The molecule has 0 unspecified atom stereocenters. The zero-order chi connectivity index (χ0) is 21.7. The van der Waals surface area contributed by atoms with Gasteiger partial charge >= 0.3 is 0 Å². The average molecular weight is 433 g/mol. The first-order valence-electron chi connectivity index (χ1n) is 9.80. The molecule has 8 nitrogen and oxygen atoms in total. The van der Waals surface area contributed by atoms with Gasteiger partial charge in [-0.3, -0.25) is 14.6 Å². The molecule has 162 valence electrons. The fraction of sp³-hybridized carbons (Fsp3) is 0.381. The lowest BCUT2D eigenvalue weighted by Gasteiger charge is -2.34. The SMILES string of the molecule is CN(C)S(=O)(=O)c1ccc(O)c(NC(=O)CN2CCN(Cc3ccccc3)CC2)c1. The van der Waals surface area contributed by atoms with Crippen LogP contribution in [0.25, 0.3) is 0 Å². The fourth-order valence-electron chi connectivity index (χ4n) is 3.33. The monoisotopic (exact) mass is 432 g/mol. The van der Waals surface area contributed by atoms with Crippen LogP contribution < -0.4 is 5.32 Å². The Morgan fingerprint density at radius 2 is 1.67 bits per heavy atom. The van der Waals surface area contributed by atoms with Gasteiger partial charge in [0.25, 0.3) is 0 Å². The zero-order valence-corrected chi connectivity index (χ0v) is 18.1. The van der Waals surface area contributed by atoms with E-state index >= 15 is 0 Å². The van der Waals surface area contributed by atoms with Gasteiger partial charge in [-0.05, 0) is 23.8 Å². The molecule has 0 atom stereocenters. The predicted molar refractivity (Wildman–Crippen MR) is 116 cm³/mol. The van der Waals surface area contributed by atoms with Crippen LogP contribution >= 0.6 is 0 Å². The highest BCUT2D eigenvalue weighted by Crippen LogP contribution is 2.27. The van der Waals surface area contributed by atoms with Crippen LogP contribution in [0.5, 0.6) is 5.75 Å². The van der Waals surface area contributed by atoms with Crippen molar-refractivity contribution in [3.05, 3.63) is 54.1 Å². The van der Waals surface area contributed by atoms with Gasteiger partial charge in [0.05, 0.1) is 17.1 Å². The van der Waals surface area contributed by atoms with E-state index in [2.05, 4.69) is 22.3 Å². The minimum Gasteiger partial charge on any atom is -0.506 e. The molecule has 0 aliphatic carbocycles. The molecule has 2 N–H and O–H groups in total. The Labute approximate surface area is 177 Å². The number of hydrogen-bond acceptors (Lipinski definition) is 6. The number of benzene rings is 2. The Hall–Kier alpha value is -2.46. The molecular formula is C21H28N4O4S. The molecule has 2 aromatic carbocycles. The van der Waals surface area contributed by atoms with E-state index in [9.17, 15) is 18.3 Å². The van der Waals surface area contributed by atoms with Gasteiger partial charge in [-0.1, -0.05) is 30.3 Å². The average Bonchev–Trinajstić information content (AvgIpc) is 2.71. The van der Waals surface area contributed by atoms with Crippen molar-refractivity contribution >= 4 is 21.6 Å². The molecule has 1 saturated heterocycles. The summed E-state index contributed by atoms with van der Waals surface area (Å²) in [5, 5.41) is 12.7. The maximum absolute atomic E-state index is 12.5. The summed E-state index contributed by atoms with van der Waals surface area (Å²) in [4.78, 5) is 16.9. The van der Waals surface area contributed by atoms with Gasteiger partial charge in [-0.25, -0.2) is 12.7 Å². The van der Waals surface area contributed by atoms with Crippen molar-refractivity contribution in [3.8, 4) is 5.75 Å². The molecule has 1 fully saturated rings. The molecule has 1 amide bonds. The third kappa shape index (κ3) is 5.57. The molecule has 0 bridgehead atoms. The van der Waals surface area contributed by atoms with E-state index in [1.54, 1.807) is 0 Å². The van der Waals surface area contributed by atoms with Gasteiger partial charge < -0.3 is 10.4 Å². The number of hydrogen-bond donors (Lipinski definition) is 2. The first-order valence-corrected chi connectivity index (χ1v) is 11.2. The smallest absolute Gasteiger partial charge is 0.242 e. The van der Waals surface area contributed by atoms with Crippen molar-refractivity contribution < 1.29 is 18.3 Å². The van der Waals surface area contributed by atoms with E-state index in [0.717, 1.165) is 37.0 Å². The molecule has 30 heavy (non-hydrogen) atoms. The van der Waals surface area contributed by atoms with Crippen molar-refractivity contribution in [1.82, 2.24) is 14.1 Å². The van der Waals surface area contributed by atoms with Gasteiger partial charge in [0.1, 0.15) is 5.75 Å². The summed E-state index contributed by atoms with van der Waals surface area (Å²) in [6.45, 7) is 4.34. The van der Waals surface area contributed by atoms with Crippen LogP contribution in [0.4, 0.5) is 5.69 Å². The van der Waals surface area contributed by atoms with E-state index in [4.69, 9.17) is 0 Å². The van der Waals surface area contributed by atoms with Crippen LogP contribution in [-0.4, -0.2) is 80.4 Å². The van der Waals surface area contributed by atoms with E-state index in [1.807, 2.05) is 23.1 Å². The number of anilines is 1. The lowest BCUT2D eigenvalue weighted by atomic mass is 10.2. The Balaban J connectivity index is 1.54. The second kappa shape index (κ2) is 9.57. The number of phenolic OH excluding ortho intramolecular Hbond substituents is 1. The summed E-state index contributed by atoms with van der Waals surface area (Å²) >= 11 is 0. The van der Waals surface area contributed by atoms with Crippen molar-refractivity contribution in [2.24, 2.45) is 0 Å². The fourth-order valence-corrected chi connectivity index (χ4v) is 4.25. The molecule has 9 heteroatoms. The van der Waals surface area contributed by atoms with Gasteiger partial charge in [-0.15, -0.1) is 0 Å². The van der Waals surface area contributed by atoms with Crippen LogP contribution in [0.15, 0.2) is 53.4 Å². The molecule has 0 spiro atoms. The van der Waals surface area contributed by atoms with Crippen molar-refractivity contribution in [1.29, 1.82) is 0 Å². The molecule has 0 aromatic heterocycles. The normalized spacial score (nSPS) is 16.0. The van der Waals surface area contributed by atoms with E-state index in [0.29, 0.717) is 0 Å². The van der Waals surface area contributed by atoms with E-state index in [-0.39, 0.29) is 28.8 Å². The molecule has 3 rings (SSSR count).